The standard InChI is InChI=1S/C29H22F4/c1-2-20-3-5-21(6-4-20)7-8-23-12-18-27-25(19-23)15-14-24(28(27)30)13-9-22-10-16-26(17-11-22)29(31,32)33/h3-6,10-12,14-19H,2,7-8H2,1H3. The highest BCUT2D eigenvalue weighted by molar-refractivity contribution is 5.85. The van der Waals surface area contributed by atoms with Crippen LogP contribution in [-0.2, 0) is 25.4 Å². The summed E-state index contributed by atoms with van der Waals surface area (Å²) >= 11 is 0. The fourth-order valence-electron chi connectivity index (χ4n) is 3.71. The van der Waals surface area contributed by atoms with Gasteiger partial charge in [-0.1, -0.05) is 67.3 Å². The SMILES string of the molecule is CCc1ccc(CCc2ccc3c(F)c(C#Cc4ccc(C(F)(F)F)cc4)ccc3c2)cc1. The van der Waals surface area contributed by atoms with Crippen molar-refractivity contribution in [2.24, 2.45) is 0 Å². The van der Waals surface area contributed by atoms with E-state index in [1.807, 2.05) is 18.2 Å². The second kappa shape index (κ2) is 9.50. The van der Waals surface area contributed by atoms with E-state index in [9.17, 15) is 17.6 Å². The van der Waals surface area contributed by atoms with E-state index >= 15 is 0 Å². The molecule has 0 amide bonds. The van der Waals surface area contributed by atoms with Crippen molar-refractivity contribution >= 4 is 10.8 Å². The Morgan fingerprint density at radius 1 is 0.697 bits per heavy atom. The molecule has 4 aromatic carbocycles. The van der Waals surface area contributed by atoms with E-state index in [0.717, 1.165) is 42.3 Å². The van der Waals surface area contributed by atoms with Gasteiger partial charge in [0.05, 0.1) is 11.1 Å². The normalized spacial score (nSPS) is 11.3. The molecule has 166 valence electrons. The second-order valence-electron chi connectivity index (χ2n) is 7.98. The Morgan fingerprint density at radius 2 is 1.33 bits per heavy atom. The molecule has 0 saturated heterocycles. The summed E-state index contributed by atoms with van der Waals surface area (Å²) in [4.78, 5) is 0. The largest absolute Gasteiger partial charge is 0.416 e. The minimum Gasteiger partial charge on any atom is -0.205 e. The lowest BCUT2D eigenvalue weighted by atomic mass is 9.99. The first-order chi connectivity index (χ1) is 15.8. The lowest BCUT2D eigenvalue weighted by molar-refractivity contribution is -0.137. The summed E-state index contributed by atoms with van der Waals surface area (Å²) in [7, 11) is 0. The van der Waals surface area contributed by atoms with E-state index in [-0.39, 0.29) is 5.56 Å². The van der Waals surface area contributed by atoms with Gasteiger partial charge in [-0.25, -0.2) is 4.39 Å². The highest BCUT2D eigenvalue weighted by Crippen LogP contribution is 2.29. The van der Waals surface area contributed by atoms with Crippen LogP contribution in [0.4, 0.5) is 17.6 Å². The van der Waals surface area contributed by atoms with Crippen LogP contribution < -0.4 is 0 Å². The Kier molecular flexibility index (Phi) is 6.51. The van der Waals surface area contributed by atoms with Gasteiger partial charge < -0.3 is 0 Å². The zero-order valence-electron chi connectivity index (χ0n) is 18.1. The molecular formula is C29H22F4. The topological polar surface area (TPSA) is 0 Å². The molecule has 0 aromatic heterocycles. The van der Waals surface area contributed by atoms with E-state index in [0.29, 0.717) is 10.9 Å². The first-order valence-electron chi connectivity index (χ1n) is 10.8. The number of rotatable bonds is 4. The van der Waals surface area contributed by atoms with Gasteiger partial charge in [-0.15, -0.1) is 0 Å². The molecule has 4 rings (SSSR count). The smallest absolute Gasteiger partial charge is 0.205 e. The Morgan fingerprint density at radius 3 is 2.00 bits per heavy atom. The van der Waals surface area contributed by atoms with Crippen molar-refractivity contribution in [1.29, 1.82) is 0 Å². The van der Waals surface area contributed by atoms with Gasteiger partial charge in [0, 0.05) is 10.9 Å². The van der Waals surface area contributed by atoms with E-state index in [4.69, 9.17) is 0 Å². The summed E-state index contributed by atoms with van der Waals surface area (Å²) in [6, 6.07) is 22.3. The highest BCUT2D eigenvalue weighted by atomic mass is 19.4. The van der Waals surface area contributed by atoms with Crippen molar-refractivity contribution in [3.8, 4) is 11.8 Å². The molecule has 0 nitrogen and oxygen atoms in total. The molecule has 0 N–H and O–H groups in total. The monoisotopic (exact) mass is 446 g/mol. The van der Waals surface area contributed by atoms with E-state index in [1.54, 1.807) is 12.1 Å². The Bertz CT molecular complexity index is 1320. The van der Waals surface area contributed by atoms with Gasteiger partial charge in [0.25, 0.3) is 0 Å². The van der Waals surface area contributed by atoms with Crippen molar-refractivity contribution in [1.82, 2.24) is 0 Å². The third kappa shape index (κ3) is 5.43. The van der Waals surface area contributed by atoms with Gasteiger partial charge in [0.2, 0.25) is 0 Å². The lowest BCUT2D eigenvalue weighted by Crippen LogP contribution is -2.04. The number of halogens is 4. The van der Waals surface area contributed by atoms with E-state index in [2.05, 4.69) is 43.0 Å². The molecule has 0 aliphatic heterocycles. The minimum atomic E-state index is -4.39. The maximum absolute atomic E-state index is 15.0. The molecule has 0 atom stereocenters. The van der Waals surface area contributed by atoms with Crippen LogP contribution in [0.1, 0.15) is 40.3 Å². The van der Waals surface area contributed by atoms with E-state index < -0.39 is 17.6 Å². The molecule has 4 heteroatoms. The third-order valence-electron chi connectivity index (χ3n) is 5.71. The fraction of sp³-hybridized carbons (Fsp3) is 0.172. The minimum absolute atomic E-state index is 0.214. The van der Waals surface area contributed by atoms with Gasteiger partial charge >= 0.3 is 6.18 Å². The van der Waals surface area contributed by atoms with Crippen molar-refractivity contribution in [2.75, 3.05) is 0 Å². The average Bonchev–Trinajstić information content (AvgIpc) is 2.82. The predicted molar refractivity (Wildman–Crippen MR) is 125 cm³/mol. The van der Waals surface area contributed by atoms with Crippen molar-refractivity contribution in [2.45, 2.75) is 32.4 Å². The molecule has 0 saturated carbocycles. The lowest BCUT2D eigenvalue weighted by Gasteiger charge is -2.07. The summed E-state index contributed by atoms with van der Waals surface area (Å²) in [5, 5.41) is 1.27. The summed E-state index contributed by atoms with van der Waals surface area (Å²) in [6.45, 7) is 2.13. The maximum Gasteiger partial charge on any atom is 0.416 e. The predicted octanol–water partition coefficient (Wildman–Crippen LogP) is 7.75. The van der Waals surface area contributed by atoms with Crippen molar-refractivity contribution < 1.29 is 17.6 Å². The zero-order valence-corrected chi connectivity index (χ0v) is 18.1. The summed E-state index contributed by atoms with van der Waals surface area (Å²) in [6.07, 6.45) is -1.60. The van der Waals surface area contributed by atoms with Crippen LogP contribution in [-0.4, -0.2) is 0 Å². The van der Waals surface area contributed by atoms with Crippen LogP contribution >= 0.6 is 0 Å². The maximum atomic E-state index is 15.0. The van der Waals surface area contributed by atoms with Crippen LogP contribution in [0.15, 0.2) is 78.9 Å². The number of benzene rings is 4. The molecule has 0 fully saturated rings. The second-order valence-corrected chi connectivity index (χ2v) is 7.98. The zero-order chi connectivity index (χ0) is 23.4. The van der Waals surface area contributed by atoms with Gasteiger partial charge in [-0.05, 0) is 71.7 Å². The number of alkyl halides is 3. The third-order valence-corrected chi connectivity index (χ3v) is 5.71. The van der Waals surface area contributed by atoms with Crippen LogP contribution in [0, 0.1) is 17.7 Å². The van der Waals surface area contributed by atoms with Crippen LogP contribution in [0.2, 0.25) is 0 Å². The molecular weight excluding hydrogens is 424 g/mol. The molecule has 4 aromatic rings. The molecule has 0 unspecified atom stereocenters. The Hall–Kier alpha value is -3.58. The average molecular weight is 446 g/mol. The molecule has 0 aliphatic rings. The van der Waals surface area contributed by atoms with Crippen molar-refractivity contribution in [3.63, 3.8) is 0 Å². The first kappa shape index (κ1) is 22.6. The highest BCUT2D eigenvalue weighted by Gasteiger charge is 2.29. The number of aryl methyl sites for hydroxylation is 3. The first-order valence-corrected chi connectivity index (χ1v) is 10.8. The number of hydrogen-bond donors (Lipinski definition) is 0. The van der Waals surface area contributed by atoms with Gasteiger partial charge in [-0.3, -0.25) is 0 Å². The van der Waals surface area contributed by atoms with Gasteiger partial charge in [0.15, 0.2) is 0 Å². The van der Waals surface area contributed by atoms with E-state index in [1.165, 1.54) is 23.3 Å². The van der Waals surface area contributed by atoms with Gasteiger partial charge in [0.1, 0.15) is 5.82 Å². The molecule has 0 radical (unpaired) electrons. The number of fused-ring (bicyclic) bond motifs is 1. The Balaban J connectivity index is 1.50. The summed E-state index contributed by atoms with van der Waals surface area (Å²) in [5.74, 6) is 5.07. The van der Waals surface area contributed by atoms with Crippen LogP contribution in [0.3, 0.4) is 0 Å². The van der Waals surface area contributed by atoms with Crippen LogP contribution in [0.25, 0.3) is 10.8 Å². The molecule has 0 bridgehead atoms. The summed E-state index contributed by atoms with van der Waals surface area (Å²) < 4.78 is 53.0. The summed E-state index contributed by atoms with van der Waals surface area (Å²) in [5.41, 5.74) is 3.59. The van der Waals surface area contributed by atoms with Crippen LogP contribution in [0.5, 0.6) is 0 Å². The molecule has 33 heavy (non-hydrogen) atoms. The molecule has 0 aliphatic carbocycles. The fourth-order valence-corrected chi connectivity index (χ4v) is 3.71. The van der Waals surface area contributed by atoms with Crippen molar-refractivity contribution in [3.05, 3.63) is 118 Å². The Labute approximate surface area is 190 Å². The quantitative estimate of drug-likeness (QED) is 0.222. The number of hydrogen-bond acceptors (Lipinski definition) is 0. The molecule has 0 heterocycles. The van der Waals surface area contributed by atoms with Gasteiger partial charge in [-0.2, -0.15) is 13.2 Å². The molecule has 0 spiro atoms.